The summed E-state index contributed by atoms with van der Waals surface area (Å²) in [7, 11) is 1.64. The zero-order valence-corrected chi connectivity index (χ0v) is 21.9. The molecule has 0 unspecified atom stereocenters. The summed E-state index contributed by atoms with van der Waals surface area (Å²) in [4.78, 5) is 22.0. The number of methoxy groups -OCH3 is 1. The number of aromatic nitrogens is 1. The first-order chi connectivity index (χ1) is 18.7. The van der Waals surface area contributed by atoms with Gasteiger partial charge >= 0.3 is 0 Å². The molecule has 2 aliphatic rings. The molecule has 1 amide bonds. The highest BCUT2D eigenvalue weighted by atomic mass is 16.5. The Morgan fingerprint density at radius 2 is 1.74 bits per heavy atom. The molecule has 0 saturated heterocycles. The van der Waals surface area contributed by atoms with Crippen LogP contribution in [-0.4, -0.2) is 73.8 Å². The first-order valence-electron chi connectivity index (χ1n) is 13.0. The second kappa shape index (κ2) is 12.0. The van der Waals surface area contributed by atoms with E-state index in [-0.39, 0.29) is 11.8 Å². The molecule has 3 aromatic rings. The monoisotopic (exact) mass is 519 g/mol. The summed E-state index contributed by atoms with van der Waals surface area (Å²) in [6.45, 7) is 6.63. The van der Waals surface area contributed by atoms with Crippen molar-refractivity contribution in [2.24, 2.45) is 0 Å². The van der Waals surface area contributed by atoms with E-state index in [1.807, 2.05) is 48.2 Å². The summed E-state index contributed by atoms with van der Waals surface area (Å²) in [5.41, 5.74) is 1.45. The second-order valence-electron chi connectivity index (χ2n) is 9.09. The van der Waals surface area contributed by atoms with Crippen LogP contribution in [0.2, 0.25) is 0 Å². The van der Waals surface area contributed by atoms with E-state index in [0.29, 0.717) is 86.9 Å². The second-order valence-corrected chi connectivity index (χ2v) is 9.09. The lowest BCUT2D eigenvalue weighted by molar-refractivity contribution is 0.0736. The van der Waals surface area contributed by atoms with Gasteiger partial charge in [0, 0.05) is 45.3 Å². The predicted molar refractivity (Wildman–Crippen MR) is 142 cm³/mol. The number of fused-ring (bicyclic) bond motifs is 3. The number of likely N-dealkylation sites (N-methyl/N-ethyl adjacent to an activating group) is 1. The summed E-state index contributed by atoms with van der Waals surface area (Å²) in [5.74, 6) is 3.25. The first-order valence-corrected chi connectivity index (χ1v) is 13.0. The molecule has 0 atom stereocenters. The van der Waals surface area contributed by atoms with Crippen molar-refractivity contribution in [2.45, 2.75) is 19.9 Å². The van der Waals surface area contributed by atoms with E-state index in [0.717, 1.165) is 12.0 Å². The number of carbonyl (C=O) groups is 1. The number of nitrogens with zero attached hydrogens (tertiary/aromatic N) is 3. The Kier molecular flexibility index (Phi) is 8.13. The molecular formula is C29H33N3O6. The normalized spacial score (nSPS) is 16.4. The fourth-order valence-electron chi connectivity index (χ4n) is 4.58. The van der Waals surface area contributed by atoms with Crippen molar-refractivity contribution in [3.63, 3.8) is 0 Å². The highest BCUT2D eigenvalue weighted by molar-refractivity contribution is 5.96. The Morgan fingerprint density at radius 3 is 2.58 bits per heavy atom. The Morgan fingerprint density at radius 1 is 0.921 bits per heavy atom. The number of hydrogen-bond donors (Lipinski definition) is 0. The summed E-state index contributed by atoms with van der Waals surface area (Å²) in [6, 6.07) is 14.9. The van der Waals surface area contributed by atoms with Gasteiger partial charge in [0.2, 0.25) is 11.6 Å². The maximum atomic E-state index is 13.5. The van der Waals surface area contributed by atoms with Gasteiger partial charge in [0.1, 0.15) is 12.2 Å². The topological polar surface area (TPSA) is 82.6 Å². The quantitative estimate of drug-likeness (QED) is 0.502. The molecule has 38 heavy (non-hydrogen) atoms. The van der Waals surface area contributed by atoms with Crippen LogP contribution in [-0.2, 0) is 6.54 Å². The molecule has 0 N–H and O–H groups in total. The van der Waals surface area contributed by atoms with Gasteiger partial charge in [-0.05, 0) is 48.9 Å². The number of carbonyl (C=O) groups excluding carboxylic acids is 1. The van der Waals surface area contributed by atoms with E-state index in [9.17, 15) is 4.79 Å². The third kappa shape index (κ3) is 5.78. The smallest absolute Gasteiger partial charge is 0.259 e. The molecule has 0 radical (unpaired) electrons. The average Bonchev–Trinajstić information content (AvgIpc) is 3.18. The number of benzene rings is 2. The minimum Gasteiger partial charge on any atom is -0.493 e. The van der Waals surface area contributed by atoms with Crippen molar-refractivity contribution in [1.29, 1.82) is 0 Å². The fourth-order valence-corrected chi connectivity index (χ4v) is 4.58. The van der Waals surface area contributed by atoms with E-state index < -0.39 is 0 Å². The Bertz CT molecular complexity index is 1270. The third-order valence-electron chi connectivity index (χ3n) is 6.58. The lowest BCUT2D eigenvalue weighted by Gasteiger charge is -2.27. The van der Waals surface area contributed by atoms with Gasteiger partial charge in [-0.15, -0.1) is 0 Å². The van der Waals surface area contributed by atoms with Crippen molar-refractivity contribution < 1.29 is 28.5 Å². The molecule has 1 aromatic heterocycles. The third-order valence-corrected chi connectivity index (χ3v) is 6.58. The van der Waals surface area contributed by atoms with E-state index in [1.165, 1.54) is 0 Å². The Balaban J connectivity index is 1.43. The van der Waals surface area contributed by atoms with Crippen LogP contribution in [0.15, 0.2) is 54.7 Å². The number of hydrogen-bond acceptors (Lipinski definition) is 8. The van der Waals surface area contributed by atoms with Crippen molar-refractivity contribution in [2.75, 3.05) is 53.1 Å². The van der Waals surface area contributed by atoms with Crippen LogP contribution in [0.1, 0.15) is 29.3 Å². The van der Waals surface area contributed by atoms with Gasteiger partial charge in [-0.2, -0.15) is 0 Å². The van der Waals surface area contributed by atoms with Gasteiger partial charge in [0.15, 0.2) is 23.0 Å². The molecule has 2 aliphatic heterocycles. The van der Waals surface area contributed by atoms with E-state index in [2.05, 4.69) is 9.88 Å². The summed E-state index contributed by atoms with van der Waals surface area (Å²) >= 11 is 0. The molecule has 5 rings (SSSR count). The average molecular weight is 520 g/mol. The lowest BCUT2D eigenvalue weighted by atomic mass is 10.1. The summed E-state index contributed by atoms with van der Waals surface area (Å²) in [6.07, 6.45) is 2.44. The molecule has 0 aliphatic carbocycles. The number of amides is 1. The maximum Gasteiger partial charge on any atom is 0.259 e. The van der Waals surface area contributed by atoms with Crippen LogP contribution in [0.25, 0.3) is 0 Å². The summed E-state index contributed by atoms with van der Waals surface area (Å²) < 4.78 is 29.7. The first kappa shape index (κ1) is 25.7. The molecule has 0 fully saturated rings. The largest absolute Gasteiger partial charge is 0.493 e. The number of para-hydroxylation sites is 2. The molecule has 2 aromatic carbocycles. The molecule has 0 saturated carbocycles. The zero-order chi connectivity index (χ0) is 26.3. The van der Waals surface area contributed by atoms with Gasteiger partial charge < -0.3 is 28.6 Å². The summed E-state index contributed by atoms with van der Waals surface area (Å²) in [5, 5.41) is 0. The molecule has 9 nitrogen and oxygen atoms in total. The van der Waals surface area contributed by atoms with Crippen molar-refractivity contribution in [1.82, 2.24) is 14.8 Å². The standard InChI is InChI=1S/C29H33N3O6/c1-3-32-13-12-31(20-21-18-25(34-2)27-26(19-21)35-15-7-16-37-27)14-17-36-23-9-4-5-10-24(23)38-28-22(29(32)33)8-6-11-30-28/h4-6,8-11,18-19H,3,7,12-17,20H2,1-2H3. The SMILES string of the molecule is CCN1CCN(Cc2cc(OC)c3c(c2)OCCCO3)CCOc2ccccc2Oc2ncccc2C1=O. The highest BCUT2D eigenvalue weighted by Crippen LogP contribution is 2.40. The molecular weight excluding hydrogens is 486 g/mol. The van der Waals surface area contributed by atoms with Crippen LogP contribution >= 0.6 is 0 Å². The van der Waals surface area contributed by atoms with Crippen LogP contribution in [0.5, 0.6) is 34.6 Å². The van der Waals surface area contributed by atoms with Crippen molar-refractivity contribution >= 4 is 5.91 Å². The highest BCUT2D eigenvalue weighted by Gasteiger charge is 2.23. The minimum absolute atomic E-state index is 0.120. The maximum absolute atomic E-state index is 13.5. The van der Waals surface area contributed by atoms with E-state index in [1.54, 1.807) is 25.4 Å². The van der Waals surface area contributed by atoms with Crippen LogP contribution in [0.4, 0.5) is 0 Å². The zero-order valence-electron chi connectivity index (χ0n) is 21.9. The van der Waals surface area contributed by atoms with E-state index >= 15 is 0 Å². The Labute approximate surface area is 222 Å². The Hall–Kier alpha value is -3.98. The molecule has 0 bridgehead atoms. The van der Waals surface area contributed by atoms with Crippen molar-refractivity contribution in [3.05, 3.63) is 65.9 Å². The number of rotatable bonds is 4. The molecule has 9 heteroatoms. The van der Waals surface area contributed by atoms with Gasteiger partial charge in [0.05, 0.1) is 20.3 Å². The number of pyridine rings is 1. The predicted octanol–water partition coefficient (Wildman–Crippen LogP) is 4.40. The van der Waals surface area contributed by atoms with Gasteiger partial charge in [-0.3, -0.25) is 9.69 Å². The van der Waals surface area contributed by atoms with Gasteiger partial charge in [0.25, 0.3) is 5.91 Å². The molecule has 0 spiro atoms. The number of ether oxygens (including phenoxy) is 5. The van der Waals surface area contributed by atoms with Gasteiger partial charge in [-0.25, -0.2) is 4.98 Å². The van der Waals surface area contributed by atoms with E-state index in [4.69, 9.17) is 23.7 Å². The lowest BCUT2D eigenvalue weighted by Crippen LogP contribution is -2.39. The van der Waals surface area contributed by atoms with Crippen LogP contribution in [0, 0.1) is 0 Å². The van der Waals surface area contributed by atoms with Crippen LogP contribution in [0.3, 0.4) is 0 Å². The van der Waals surface area contributed by atoms with Gasteiger partial charge in [-0.1, -0.05) is 12.1 Å². The van der Waals surface area contributed by atoms with Crippen molar-refractivity contribution in [3.8, 4) is 34.6 Å². The fraction of sp³-hybridized carbons (Fsp3) is 0.379. The molecule has 3 heterocycles. The minimum atomic E-state index is -0.120. The molecule has 200 valence electrons. The van der Waals surface area contributed by atoms with Crippen LogP contribution < -0.4 is 23.7 Å².